The summed E-state index contributed by atoms with van der Waals surface area (Å²) in [6.07, 6.45) is 2.60. The van der Waals surface area contributed by atoms with E-state index >= 15 is 0 Å². The molecule has 0 radical (unpaired) electrons. The predicted octanol–water partition coefficient (Wildman–Crippen LogP) is 4.07. The van der Waals surface area contributed by atoms with Crippen LogP contribution in [-0.2, 0) is 14.8 Å². The molecule has 1 amide bonds. The van der Waals surface area contributed by atoms with Gasteiger partial charge in [0.05, 0.1) is 28.3 Å². The molecule has 1 aliphatic carbocycles. The first-order valence-corrected chi connectivity index (χ1v) is 15.1. The van der Waals surface area contributed by atoms with Gasteiger partial charge in [0.1, 0.15) is 0 Å². The molecule has 1 saturated heterocycles. The van der Waals surface area contributed by atoms with Crippen molar-refractivity contribution in [1.29, 1.82) is 0 Å². The molecule has 5 rings (SSSR count). The Morgan fingerprint density at radius 3 is 2.41 bits per heavy atom. The second kappa shape index (κ2) is 10.8. The highest BCUT2D eigenvalue weighted by atomic mass is 32.2. The van der Waals surface area contributed by atoms with Crippen LogP contribution in [0.25, 0.3) is 10.2 Å². The van der Waals surface area contributed by atoms with Gasteiger partial charge >= 0.3 is 0 Å². The summed E-state index contributed by atoms with van der Waals surface area (Å²) in [4.78, 5) is 23.0. The Morgan fingerprint density at radius 2 is 1.76 bits per heavy atom. The van der Waals surface area contributed by atoms with E-state index in [1.54, 1.807) is 36.2 Å². The number of rotatable bonds is 9. The number of aromatic nitrogens is 1. The Hall–Kier alpha value is -2.37. The topological polar surface area (TPSA) is 83.0 Å². The Kier molecular flexibility index (Phi) is 7.65. The van der Waals surface area contributed by atoms with E-state index in [0.29, 0.717) is 17.2 Å². The number of carbonyl (C=O) groups is 1. The predicted molar refractivity (Wildman–Crippen MR) is 147 cm³/mol. The zero-order valence-electron chi connectivity index (χ0n) is 21.6. The minimum absolute atomic E-state index is 0.0826. The molecule has 1 aromatic heterocycles. The van der Waals surface area contributed by atoms with Crippen molar-refractivity contribution in [2.75, 3.05) is 51.3 Å². The quantitative estimate of drug-likeness (QED) is 0.406. The van der Waals surface area contributed by atoms with Crippen molar-refractivity contribution in [3.8, 4) is 0 Å². The highest BCUT2D eigenvalue weighted by Crippen LogP contribution is 2.34. The second-order valence-electron chi connectivity index (χ2n) is 9.91. The molecule has 0 N–H and O–H groups in total. The monoisotopic (exact) mass is 542 g/mol. The van der Waals surface area contributed by atoms with E-state index in [2.05, 4.69) is 24.0 Å². The van der Waals surface area contributed by atoms with Crippen LogP contribution in [0.2, 0.25) is 0 Å². The van der Waals surface area contributed by atoms with Crippen molar-refractivity contribution in [2.24, 2.45) is 0 Å². The number of benzene rings is 2. The van der Waals surface area contributed by atoms with Crippen LogP contribution in [0.15, 0.2) is 41.3 Å². The molecule has 1 saturated carbocycles. The summed E-state index contributed by atoms with van der Waals surface area (Å²) < 4.78 is 33.8. The highest BCUT2D eigenvalue weighted by molar-refractivity contribution is 7.89. The molecule has 0 atom stereocenters. The molecular weight excluding hydrogens is 508 g/mol. The number of aryl methyl sites for hydroxylation is 2. The molecule has 2 fully saturated rings. The van der Waals surface area contributed by atoms with E-state index in [1.165, 1.54) is 15.6 Å². The Labute approximate surface area is 222 Å². The van der Waals surface area contributed by atoms with Crippen LogP contribution in [0.5, 0.6) is 0 Å². The molecule has 198 valence electrons. The van der Waals surface area contributed by atoms with Gasteiger partial charge in [0.15, 0.2) is 5.13 Å². The van der Waals surface area contributed by atoms with Gasteiger partial charge in [-0.05, 0) is 68.5 Å². The molecule has 1 aliphatic heterocycles. The first-order chi connectivity index (χ1) is 17.8. The maximum atomic E-state index is 13.8. The van der Waals surface area contributed by atoms with E-state index in [-0.39, 0.29) is 16.8 Å². The first kappa shape index (κ1) is 26.2. The van der Waals surface area contributed by atoms with Crippen molar-refractivity contribution in [2.45, 2.75) is 44.0 Å². The average molecular weight is 543 g/mol. The molecule has 0 unspecified atom stereocenters. The number of hydrogen-bond donors (Lipinski definition) is 0. The fourth-order valence-electron chi connectivity index (χ4n) is 4.65. The van der Waals surface area contributed by atoms with Gasteiger partial charge in [0, 0.05) is 44.8 Å². The molecule has 37 heavy (non-hydrogen) atoms. The number of ether oxygens (including phenoxy) is 1. The van der Waals surface area contributed by atoms with Crippen molar-refractivity contribution in [1.82, 2.24) is 14.2 Å². The lowest BCUT2D eigenvalue weighted by atomic mass is 10.1. The van der Waals surface area contributed by atoms with Crippen LogP contribution in [0.4, 0.5) is 5.13 Å². The number of thiazole rings is 1. The van der Waals surface area contributed by atoms with Gasteiger partial charge in [-0.3, -0.25) is 14.6 Å². The zero-order valence-corrected chi connectivity index (χ0v) is 23.3. The van der Waals surface area contributed by atoms with Gasteiger partial charge in [-0.2, -0.15) is 4.31 Å². The van der Waals surface area contributed by atoms with E-state index < -0.39 is 10.0 Å². The molecule has 8 nitrogen and oxygen atoms in total. The normalized spacial score (nSPS) is 17.0. The molecule has 2 heterocycles. The fourth-order valence-corrected chi connectivity index (χ4v) is 7.20. The zero-order chi connectivity index (χ0) is 26.2. The largest absolute Gasteiger partial charge is 0.379 e. The van der Waals surface area contributed by atoms with Crippen molar-refractivity contribution < 1.29 is 17.9 Å². The lowest BCUT2D eigenvalue weighted by molar-refractivity contribution is 0.0376. The Bertz CT molecular complexity index is 1340. The molecule has 0 bridgehead atoms. The van der Waals surface area contributed by atoms with E-state index in [9.17, 15) is 13.2 Å². The number of hydrogen-bond acceptors (Lipinski definition) is 7. The number of anilines is 1. The standard InChI is InChI=1S/C27H34N4O4S2/c1-19-5-6-20(2)25-24(19)28-27(36-25)31(14-4-13-30-15-17-35-18-16-30)26(32)21-7-11-23(12-8-21)37(33,34)29(3)22-9-10-22/h5-8,11-12,22H,4,9-10,13-18H2,1-3H3. The maximum absolute atomic E-state index is 13.8. The molecule has 2 aromatic carbocycles. The minimum atomic E-state index is -3.56. The van der Waals surface area contributed by atoms with Crippen LogP contribution in [0.1, 0.15) is 40.7 Å². The summed E-state index contributed by atoms with van der Waals surface area (Å²) >= 11 is 1.53. The van der Waals surface area contributed by atoms with Gasteiger partial charge in [0.2, 0.25) is 10.0 Å². The fraction of sp³-hybridized carbons (Fsp3) is 0.481. The SMILES string of the molecule is Cc1ccc(C)c2sc(N(CCCN3CCOCC3)C(=O)c3ccc(S(=O)(=O)N(C)C4CC4)cc3)nc12. The number of amides is 1. The third-order valence-corrected chi connectivity index (χ3v) is 10.3. The Balaban J connectivity index is 1.40. The van der Waals surface area contributed by atoms with E-state index in [4.69, 9.17) is 9.72 Å². The smallest absolute Gasteiger partial charge is 0.260 e. The number of carbonyl (C=O) groups excluding carboxylic acids is 1. The van der Waals surface area contributed by atoms with Gasteiger partial charge in [-0.25, -0.2) is 13.4 Å². The van der Waals surface area contributed by atoms with Crippen LogP contribution < -0.4 is 4.90 Å². The second-order valence-corrected chi connectivity index (χ2v) is 12.9. The van der Waals surface area contributed by atoms with Crippen molar-refractivity contribution >= 4 is 42.6 Å². The molecule has 0 spiro atoms. The minimum Gasteiger partial charge on any atom is -0.379 e. The number of sulfonamides is 1. The van der Waals surface area contributed by atoms with Gasteiger partial charge in [-0.15, -0.1) is 0 Å². The summed E-state index contributed by atoms with van der Waals surface area (Å²) in [7, 11) is -1.94. The first-order valence-electron chi connectivity index (χ1n) is 12.8. The van der Waals surface area contributed by atoms with Crippen LogP contribution in [0.3, 0.4) is 0 Å². The van der Waals surface area contributed by atoms with Gasteiger partial charge < -0.3 is 4.74 Å². The third kappa shape index (κ3) is 5.58. The van der Waals surface area contributed by atoms with E-state index in [0.717, 1.165) is 73.5 Å². The van der Waals surface area contributed by atoms with Gasteiger partial charge in [0.25, 0.3) is 5.91 Å². The van der Waals surface area contributed by atoms with Gasteiger partial charge in [-0.1, -0.05) is 23.5 Å². The van der Waals surface area contributed by atoms with Crippen LogP contribution >= 0.6 is 11.3 Å². The summed E-state index contributed by atoms with van der Waals surface area (Å²) in [6, 6.07) is 10.5. The number of morpholine rings is 1. The maximum Gasteiger partial charge on any atom is 0.260 e. The van der Waals surface area contributed by atoms with E-state index in [1.807, 2.05) is 6.92 Å². The molecule has 2 aliphatic rings. The Morgan fingerprint density at radius 1 is 1.08 bits per heavy atom. The molecule has 10 heteroatoms. The van der Waals surface area contributed by atoms with Crippen molar-refractivity contribution in [3.63, 3.8) is 0 Å². The third-order valence-electron chi connectivity index (χ3n) is 7.21. The number of nitrogens with zero attached hydrogens (tertiary/aromatic N) is 4. The molecule has 3 aromatic rings. The summed E-state index contributed by atoms with van der Waals surface area (Å²) in [6.45, 7) is 8.78. The molecular formula is C27H34N4O4S2. The van der Waals surface area contributed by atoms with Crippen LogP contribution in [0, 0.1) is 13.8 Å². The summed E-state index contributed by atoms with van der Waals surface area (Å²) in [5, 5.41) is 0.671. The number of fused-ring (bicyclic) bond motifs is 1. The highest BCUT2D eigenvalue weighted by Gasteiger charge is 2.35. The average Bonchev–Trinajstić information content (AvgIpc) is 3.66. The lowest BCUT2D eigenvalue weighted by Crippen LogP contribution is -2.39. The summed E-state index contributed by atoms with van der Waals surface area (Å²) in [5.41, 5.74) is 3.60. The van der Waals surface area contributed by atoms with Crippen LogP contribution in [-0.4, -0.2) is 81.0 Å². The van der Waals surface area contributed by atoms with Crippen molar-refractivity contribution in [3.05, 3.63) is 53.1 Å². The summed E-state index contributed by atoms with van der Waals surface area (Å²) in [5.74, 6) is -0.171. The lowest BCUT2D eigenvalue weighted by Gasteiger charge is -2.27.